The van der Waals surface area contributed by atoms with Gasteiger partial charge in [-0.05, 0) is 63.3 Å². The molecule has 21 heavy (non-hydrogen) atoms. The lowest BCUT2D eigenvalue weighted by Gasteiger charge is -2.45. The summed E-state index contributed by atoms with van der Waals surface area (Å²) in [6.45, 7) is 8.83. The highest BCUT2D eigenvalue weighted by atomic mass is 15.2. The van der Waals surface area contributed by atoms with Crippen molar-refractivity contribution in [1.29, 1.82) is 0 Å². The molecule has 0 aromatic heterocycles. The SMILES string of the molecule is CCC1CC(NCC2CCCC2)CN(C(C)C2CCC2)C1. The minimum Gasteiger partial charge on any atom is -0.312 e. The van der Waals surface area contributed by atoms with E-state index in [0.717, 1.165) is 29.8 Å². The van der Waals surface area contributed by atoms with Gasteiger partial charge in [0, 0.05) is 25.2 Å². The Morgan fingerprint density at radius 3 is 2.38 bits per heavy atom. The van der Waals surface area contributed by atoms with E-state index < -0.39 is 0 Å². The molecule has 2 heteroatoms. The summed E-state index contributed by atoms with van der Waals surface area (Å²) in [5, 5.41) is 3.95. The third-order valence-corrected chi connectivity index (χ3v) is 6.72. The first-order valence-corrected chi connectivity index (χ1v) is 9.73. The van der Waals surface area contributed by atoms with Crippen LogP contribution in [0.1, 0.15) is 71.6 Å². The molecule has 3 fully saturated rings. The van der Waals surface area contributed by atoms with Crippen LogP contribution in [0.15, 0.2) is 0 Å². The number of rotatable bonds is 6. The predicted molar refractivity (Wildman–Crippen MR) is 90.5 cm³/mol. The molecule has 122 valence electrons. The van der Waals surface area contributed by atoms with Gasteiger partial charge in [-0.1, -0.05) is 32.6 Å². The quantitative estimate of drug-likeness (QED) is 0.794. The van der Waals surface area contributed by atoms with Crippen molar-refractivity contribution < 1.29 is 0 Å². The van der Waals surface area contributed by atoms with E-state index in [0.29, 0.717) is 0 Å². The van der Waals surface area contributed by atoms with E-state index in [1.807, 2.05) is 0 Å². The van der Waals surface area contributed by atoms with Crippen LogP contribution < -0.4 is 5.32 Å². The summed E-state index contributed by atoms with van der Waals surface area (Å²) in [4.78, 5) is 2.83. The second kappa shape index (κ2) is 7.46. The van der Waals surface area contributed by atoms with E-state index in [1.54, 1.807) is 0 Å². The van der Waals surface area contributed by atoms with Crippen molar-refractivity contribution in [3.63, 3.8) is 0 Å². The van der Waals surface area contributed by atoms with E-state index in [4.69, 9.17) is 0 Å². The second-order valence-electron chi connectivity index (χ2n) is 8.15. The number of likely N-dealkylation sites (tertiary alicyclic amines) is 1. The minimum absolute atomic E-state index is 0.756. The highest BCUT2D eigenvalue weighted by molar-refractivity contribution is 4.90. The van der Waals surface area contributed by atoms with Crippen LogP contribution in [0, 0.1) is 17.8 Å². The van der Waals surface area contributed by atoms with E-state index in [1.165, 1.54) is 77.4 Å². The lowest BCUT2D eigenvalue weighted by Crippen LogP contribution is -2.54. The second-order valence-corrected chi connectivity index (χ2v) is 8.15. The summed E-state index contributed by atoms with van der Waals surface area (Å²) >= 11 is 0. The Morgan fingerprint density at radius 2 is 1.76 bits per heavy atom. The average molecular weight is 293 g/mol. The molecule has 0 aromatic carbocycles. The summed E-state index contributed by atoms with van der Waals surface area (Å²) in [6, 6.07) is 1.58. The van der Waals surface area contributed by atoms with Gasteiger partial charge >= 0.3 is 0 Å². The molecule has 2 aliphatic carbocycles. The zero-order valence-corrected chi connectivity index (χ0v) is 14.3. The molecule has 3 aliphatic rings. The van der Waals surface area contributed by atoms with Gasteiger partial charge in [-0.3, -0.25) is 4.90 Å². The molecule has 2 saturated carbocycles. The molecule has 1 aliphatic heterocycles. The van der Waals surface area contributed by atoms with Gasteiger partial charge in [-0.2, -0.15) is 0 Å². The van der Waals surface area contributed by atoms with Gasteiger partial charge < -0.3 is 5.32 Å². The molecule has 0 amide bonds. The highest BCUT2D eigenvalue weighted by Crippen LogP contribution is 2.34. The predicted octanol–water partition coefficient (Wildman–Crippen LogP) is 4.06. The standard InChI is InChI=1S/C19H36N2/c1-3-16-11-19(20-12-17-7-4-5-8-17)14-21(13-16)15(2)18-9-6-10-18/h15-20H,3-14H2,1-2H3. The van der Waals surface area contributed by atoms with E-state index in [-0.39, 0.29) is 0 Å². The van der Waals surface area contributed by atoms with Gasteiger partial charge in [-0.15, -0.1) is 0 Å². The minimum atomic E-state index is 0.756. The molecule has 1 N–H and O–H groups in total. The molecule has 0 aromatic rings. The largest absolute Gasteiger partial charge is 0.312 e. The van der Waals surface area contributed by atoms with Crippen molar-refractivity contribution >= 4 is 0 Å². The molecule has 0 spiro atoms. The molecule has 3 rings (SSSR count). The maximum atomic E-state index is 3.95. The van der Waals surface area contributed by atoms with Crippen LogP contribution in [-0.2, 0) is 0 Å². The lowest BCUT2D eigenvalue weighted by molar-refractivity contribution is 0.0499. The lowest BCUT2D eigenvalue weighted by atomic mass is 9.78. The maximum Gasteiger partial charge on any atom is 0.0198 e. The molecular weight excluding hydrogens is 256 g/mol. The molecule has 0 bridgehead atoms. The first-order chi connectivity index (χ1) is 10.3. The Balaban J connectivity index is 1.50. The highest BCUT2D eigenvalue weighted by Gasteiger charge is 2.34. The normalized spacial score (nSPS) is 34.0. The fraction of sp³-hybridized carbons (Fsp3) is 1.00. The third-order valence-electron chi connectivity index (χ3n) is 6.72. The van der Waals surface area contributed by atoms with Crippen LogP contribution in [0.5, 0.6) is 0 Å². The Hall–Kier alpha value is -0.0800. The van der Waals surface area contributed by atoms with Crippen molar-refractivity contribution in [2.75, 3.05) is 19.6 Å². The first kappa shape index (κ1) is 15.8. The first-order valence-electron chi connectivity index (χ1n) is 9.73. The fourth-order valence-electron chi connectivity index (χ4n) is 4.79. The van der Waals surface area contributed by atoms with Gasteiger partial charge in [0.05, 0.1) is 0 Å². The Morgan fingerprint density at radius 1 is 1.00 bits per heavy atom. The van der Waals surface area contributed by atoms with Crippen molar-refractivity contribution in [2.24, 2.45) is 17.8 Å². The Bertz CT molecular complexity index is 307. The van der Waals surface area contributed by atoms with E-state index in [2.05, 4.69) is 24.1 Å². The summed E-state index contributed by atoms with van der Waals surface area (Å²) in [5.74, 6) is 2.89. The van der Waals surface area contributed by atoms with Crippen LogP contribution in [0.4, 0.5) is 0 Å². The molecule has 1 heterocycles. The number of nitrogens with one attached hydrogen (secondary N) is 1. The number of hydrogen-bond acceptors (Lipinski definition) is 2. The topological polar surface area (TPSA) is 15.3 Å². The molecule has 0 radical (unpaired) electrons. The van der Waals surface area contributed by atoms with Gasteiger partial charge in [0.15, 0.2) is 0 Å². The fourth-order valence-corrected chi connectivity index (χ4v) is 4.79. The van der Waals surface area contributed by atoms with Crippen molar-refractivity contribution in [2.45, 2.75) is 83.7 Å². The van der Waals surface area contributed by atoms with Gasteiger partial charge in [0.1, 0.15) is 0 Å². The monoisotopic (exact) mass is 292 g/mol. The zero-order chi connectivity index (χ0) is 14.7. The number of nitrogens with zero attached hydrogens (tertiary/aromatic N) is 1. The zero-order valence-electron chi connectivity index (χ0n) is 14.3. The molecule has 1 saturated heterocycles. The molecule has 2 nitrogen and oxygen atoms in total. The Labute approximate surface area is 132 Å². The van der Waals surface area contributed by atoms with Gasteiger partial charge in [-0.25, -0.2) is 0 Å². The van der Waals surface area contributed by atoms with Crippen molar-refractivity contribution in [3.8, 4) is 0 Å². The summed E-state index contributed by atoms with van der Waals surface area (Å²) in [5.41, 5.74) is 0. The van der Waals surface area contributed by atoms with E-state index >= 15 is 0 Å². The smallest absolute Gasteiger partial charge is 0.0198 e. The Kier molecular flexibility index (Phi) is 5.61. The van der Waals surface area contributed by atoms with Crippen molar-refractivity contribution in [1.82, 2.24) is 10.2 Å². The van der Waals surface area contributed by atoms with Crippen LogP contribution in [0.25, 0.3) is 0 Å². The average Bonchev–Trinajstić information content (AvgIpc) is 2.96. The van der Waals surface area contributed by atoms with Crippen LogP contribution in [-0.4, -0.2) is 36.6 Å². The number of piperidine rings is 1. The summed E-state index contributed by atoms with van der Waals surface area (Å²) in [6.07, 6.45) is 13.1. The number of hydrogen-bond donors (Lipinski definition) is 1. The summed E-state index contributed by atoms with van der Waals surface area (Å²) < 4.78 is 0. The van der Waals surface area contributed by atoms with Crippen LogP contribution in [0.3, 0.4) is 0 Å². The van der Waals surface area contributed by atoms with Gasteiger partial charge in [0.25, 0.3) is 0 Å². The molecule has 3 unspecified atom stereocenters. The van der Waals surface area contributed by atoms with Crippen LogP contribution >= 0.6 is 0 Å². The van der Waals surface area contributed by atoms with Gasteiger partial charge in [0.2, 0.25) is 0 Å². The van der Waals surface area contributed by atoms with Crippen molar-refractivity contribution in [3.05, 3.63) is 0 Å². The third kappa shape index (κ3) is 4.01. The molecular formula is C19H36N2. The maximum absolute atomic E-state index is 3.95. The van der Waals surface area contributed by atoms with Crippen LogP contribution in [0.2, 0.25) is 0 Å². The van der Waals surface area contributed by atoms with E-state index in [9.17, 15) is 0 Å². The summed E-state index contributed by atoms with van der Waals surface area (Å²) in [7, 11) is 0. The molecule has 3 atom stereocenters.